The van der Waals surface area contributed by atoms with Crippen LogP contribution in [0.3, 0.4) is 0 Å². The number of aliphatic hydroxyl groups is 1. The van der Waals surface area contributed by atoms with Gasteiger partial charge in [-0.3, -0.25) is 0 Å². The first-order valence-corrected chi connectivity index (χ1v) is 15.3. The Bertz CT molecular complexity index is 1360. The number of benzene rings is 2. The summed E-state index contributed by atoms with van der Waals surface area (Å²) in [6.07, 6.45) is 5.54. The molecule has 0 radical (unpaired) electrons. The van der Waals surface area contributed by atoms with Gasteiger partial charge in [-0.15, -0.1) is 0 Å². The van der Waals surface area contributed by atoms with Crippen molar-refractivity contribution in [3.05, 3.63) is 69.3 Å². The van der Waals surface area contributed by atoms with Gasteiger partial charge in [0.05, 0.1) is 0 Å². The van der Waals surface area contributed by atoms with Crippen LogP contribution < -0.4 is 9.47 Å². The number of thioether (sulfide) groups is 1. The van der Waals surface area contributed by atoms with E-state index in [-0.39, 0.29) is 26.9 Å². The molecule has 0 atom stereocenters. The molecule has 4 rings (SSSR count). The number of aromatic nitrogens is 1. The summed E-state index contributed by atoms with van der Waals surface area (Å²) < 4.78 is 38.0. The van der Waals surface area contributed by atoms with Gasteiger partial charge in [-0.2, -0.15) is 0 Å². The third-order valence-corrected chi connectivity index (χ3v) is 9.88. The Morgan fingerprint density at radius 3 is 2.79 bits per heavy atom. The van der Waals surface area contributed by atoms with Gasteiger partial charge in [0.2, 0.25) is 0 Å². The quantitative estimate of drug-likeness (QED) is 0.243. The molecule has 0 amide bonds. The van der Waals surface area contributed by atoms with Crippen molar-refractivity contribution >= 4 is 57.9 Å². The van der Waals surface area contributed by atoms with Gasteiger partial charge < -0.3 is 0 Å². The summed E-state index contributed by atoms with van der Waals surface area (Å²) >= 11 is 1.81. The molecule has 0 aliphatic carbocycles. The normalized spacial score (nSPS) is 15.5. The first-order valence-electron chi connectivity index (χ1n) is 11.2. The predicted molar refractivity (Wildman–Crippen MR) is 138 cm³/mol. The first-order chi connectivity index (χ1) is 16.3. The number of aryl methyl sites for hydroxylation is 2. The Morgan fingerprint density at radius 1 is 1.26 bits per heavy atom. The van der Waals surface area contributed by atoms with E-state index in [4.69, 9.17) is 0 Å². The van der Waals surface area contributed by atoms with Gasteiger partial charge in [0.1, 0.15) is 0 Å². The third kappa shape index (κ3) is 5.85. The standard InChI is InChI=1S/C25H28N2O4S2Se/c1-3-19(16-24-26(12-13-28)21-15-18(2)9-10-22(21)32-24)17-25-27(11-6-14-33(29,30)31)20-7-4-5-8-23(20)34-25/h4-5,7-10,15-17,28H,3,6,11-14H2,1-2H3. The van der Waals surface area contributed by atoms with E-state index in [9.17, 15) is 18.1 Å². The topological polar surface area (TPSA) is 84.5 Å². The number of β-amino-alcohol motifs (C(OH)–C–C–N with tert-alkyl or cyclic N) is 1. The summed E-state index contributed by atoms with van der Waals surface area (Å²) in [5.41, 5.74) is 4.58. The van der Waals surface area contributed by atoms with Crippen LogP contribution in [0.4, 0.5) is 5.69 Å². The maximum absolute atomic E-state index is 11.1. The molecule has 3 aromatic rings. The molecule has 2 aromatic carbocycles. The Balaban J connectivity index is 1.70. The van der Waals surface area contributed by atoms with Crippen LogP contribution in [-0.4, -0.2) is 51.5 Å². The molecule has 0 saturated carbocycles. The van der Waals surface area contributed by atoms with E-state index in [1.807, 2.05) is 12.1 Å². The van der Waals surface area contributed by atoms with E-state index in [2.05, 4.69) is 65.8 Å². The molecular weight excluding hydrogens is 535 g/mol. The molecule has 1 N–H and O–H groups in total. The van der Waals surface area contributed by atoms with Crippen LogP contribution in [0.5, 0.6) is 0 Å². The molecule has 0 saturated heterocycles. The van der Waals surface area contributed by atoms with Crippen LogP contribution in [0, 0.1) is 6.92 Å². The number of allylic oxidation sites excluding steroid dienone is 2. The summed E-state index contributed by atoms with van der Waals surface area (Å²) in [5, 5.41) is 10.8. The van der Waals surface area contributed by atoms with E-state index >= 15 is 0 Å². The second-order valence-electron chi connectivity index (χ2n) is 8.18. The Morgan fingerprint density at radius 2 is 2.06 bits per heavy atom. The summed E-state index contributed by atoms with van der Waals surface area (Å²) in [6.45, 7) is 5.30. The number of rotatable bonds is 9. The third-order valence-electron chi connectivity index (χ3n) is 5.65. The van der Waals surface area contributed by atoms with Crippen molar-refractivity contribution in [2.24, 2.45) is 0 Å². The number of hydrogen-bond acceptors (Lipinski definition) is 6. The fraction of sp³-hybridized carbons (Fsp3) is 0.320. The van der Waals surface area contributed by atoms with Crippen LogP contribution in [-0.2, 0) is 16.7 Å². The van der Waals surface area contributed by atoms with Crippen LogP contribution in [0.2, 0.25) is 0 Å². The fourth-order valence-electron chi connectivity index (χ4n) is 4.00. The SMILES string of the molecule is CCC(=Cc1[se]c2ccccc2[n+]1CCCS(=O)(=O)[O-])C=C1Sc2ccc(C)cc2N1CCO. The molecule has 1 aliphatic rings. The van der Waals surface area contributed by atoms with Crippen LogP contribution in [0.15, 0.2) is 64.0 Å². The van der Waals surface area contributed by atoms with Gasteiger partial charge in [-0.1, -0.05) is 0 Å². The average molecular weight is 564 g/mol. The van der Waals surface area contributed by atoms with E-state index in [1.54, 1.807) is 11.8 Å². The zero-order chi connectivity index (χ0) is 24.3. The summed E-state index contributed by atoms with van der Waals surface area (Å²) in [6, 6.07) is 14.6. The second-order valence-corrected chi connectivity index (χ2v) is 13.0. The molecule has 34 heavy (non-hydrogen) atoms. The van der Waals surface area contributed by atoms with Gasteiger partial charge in [-0.25, -0.2) is 0 Å². The molecule has 0 spiro atoms. The van der Waals surface area contributed by atoms with Crippen molar-refractivity contribution < 1.29 is 22.6 Å². The second kappa shape index (κ2) is 10.8. The molecule has 6 nitrogen and oxygen atoms in total. The Kier molecular flexibility index (Phi) is 8.02. The van der Waals surface area contributed by atoms with Gasteiger partial charge >= 0.3 is 212 Å². The molecule has 0 unspecified atom stereocenters. The van der Waals surface area contributed by atoms with Crippen molar-refractivity contribution in [2.45, 2.75) is 38.1 Å². The van der Waals surface area contributed by atoms with E-state index in [1.165, 1.54) is 20.3 Å². The summed E-state index contributed by atoms with van der Waals surface area (Å²) in [7, 11) is -4.23. The van der Waals surface area contributed by atoms with E-state index < -0.39 is 10.1 Å². The van der Waals surface area contributed by atoms with Crippen molar-refractivity contribution in [1.82, 2.24) is 0 Å². The number of aliphatic hydroxyl groups excluding tert-OH is 1. The molecule has 2 heterocycles. The number of anilines is 1. The van der Waals surface area contributed by atoms with Crippen molar-refractivity contribution in [2.75, 3.05) is 23.8 Å². The minimum atomic E-state index is -4.23. The monoisotopic (exact) mass is 564 g/mol. The van der Waals surface area contributed by atoms with Crippen LogP contribution >= 0.6 is 11.8 Å². The zero-order valence-electron chi connectivity index (χ0n) is 19.2. The first kappa shape index (κ1) is 25.2. The summed E-state index contributed by atoms with van der Waals surface area (Å²) in [5.74, 6) is -0.356. The molecule has 180 valence electrons. The molecule has 1 aromatic heterocycles. The average Bonchev–Trinajstić information content (AvgIpc) is 3.30. The summed E-state index contributed by atoms with van der Waals surface area (Å²) in [4.78, 5) is 3.36. The van der Waals surface area contributed by atoms with E-state index in [0.717, 1.165) is 27.2 Å². The molecule has 1 aliphatic heterocycles. The molecular formula is C25H28N2O4S2Se. The fourth-order valence-corrected chi connectivity index (χ4v) is 8.07. The van der Waals surface area contributed by atoms with Gasteiger partial charge in [0.25, 0.3) is 0 Å². The van der Waals surface area contributed by atoms with Crippen molar-refractivity contribution in [1.29, 1.82) is 0 Å². The van der Waals surface area contributed by atoms with Crippen LogP contribution in [0.25, 0.3) is 15.9 Å². The van der Waals surface area contributed by atoms with Gasteiger partial charge in [-0.05, 0) is 0 Å². The van der Waals surface area contributed by atoms with Crippen molar-refractivity contribution in [3.8, 4) is 0 Å². The number of fused-ring (bicyclic) bond motifs is 2. The molecule has 9 heteroatoms. The van der Waals surface area contributed by atoms with Crippen LogP contribution in [0.1, 0.15) is 29.9 Å². The number of para-hydroxylation sites is 1. The number of hydrogen-bond donors (Lipinski definition) is 1. The predicted octanol–water partition coefficient (Wildman–Crippen LogP) is 3.67. The zero-order valence-corrected chi connectivity index (χ0v) is 22.6. The number of nitrogens with zero attached hydrogens (tertiary/aromatic N) is 2. The Labute approximate surface area is 211 Å². The Hall–Kier alpha value is -1.87. The van der Waals surface area contributed by atoms with Gasteiger partial charge in [0, 0.05) is 0 Å². The maximum atomic E-state index is 11.1. The van der Waals surface area contributed by atoms with Crippen molar-refractivity contribution in [3.63, 3.8) is 0 Å². The molecule has 0 bridgehead atoms. The molecule has 0 fully saturated rings. The van der Waals surface area contributed by atoms with E-state index in [0.29, 0.717) is 19.5 Å². The minimum absolute atomic E-state index is 0.0721. The van der Waals surface area contributed by atoms with Gasteiger partial charge in [0.15, 0.2) is 0 Å².